The number of anilines is 1. The van der Waals surface area contributed by atoms with Gasteiger partial charge in [-0.25, -0.2) is 4.98 Å². The van der Waals surface area contributed by atoms with E-state index in [1.165, 1.54) is 50.1 Å². The first-order valence-corrected chi connectivity index (χ1v) is 9.45. The summed E-state index contributed by atoms with van der Waals surface area (Å²) in [5.41, 5.74) is 7.19. The number of hydrogen-bond donors (Lipinski definition) is 1. The van der Waals surface area contributed by atoms with Gasteiger partial charge in [-0.3, -0.25) is 0 Å². The van der Waals surface area contributed by atoms with Gasteiger partial charge in [-0.15, -0.1) is 11.3 Å². The number of ether oxygens (including phenoxy) is 1. The van der Waals surface area contributed by atoms with Gasteiger partial charge in [0.25, 0.3) is 0 Å². The van der Waals surface area contributed by atoms with Crippen LogP contribution in [0.15, 0.2) is 5.38 Å². The van der Waals surface area contributed by atoms with Crippen LogP contribution in [0.25, 0.3) is 0 Å². The van der Waals surface area contributed by atoms with Crippen LogP contribution in [0.5, 0.6) is 0 Å². The van der Waals surface area contributed by atoms with Crippen LogP contribution in [-0.4, -0.2) is 35.1 Å². The molecule has 0 bridgehead atoms. The van der Waals surface area contributed by atoms with Gasteiger partial charge < -0.3 is 15.4 Å². The average Bonchev–Trinajstić information content (AvgIpc) is 2.91. The normalized spacial score (nSPS) is 24.6. The summed E-state index contributed by atoms with van der Waals surface area (Å²) in [5, 5.41) is 2.63. The average molecular weight is 324 g/mol. The van der Waals surface area contributed by atoms with Crippen molar-refractivity contribution in [3.05, 3.63) is 11.1 Å². The Labute approximate surface area is 138 Å². The van der Waals surface area contributed by atoms with E-state index in [-0.39, 0.29) is 0 Å². The Balaban J connectivity index is 1.39. The third kappa shape index (κ3) is 4.21. The Kier molecular flexibility index (Phi) is 5.05. The van der Waals surface area contributed by atoms with Crippen LogP contribution in [0.3, 0.4) is 0 Å². The molecular weight excluding hydrogens is 294 g/mol. The van der Waals surface area contributed by atoms with Crippen LogP contribution in [0.2, 0.25) is 0 Å². The van der Waals surface area contributed by atoms with Crippen LogP contribution in [0.4, 0.5) is 5.13 Å². The molecule has 0 aromatic carbocycles. The number of rotatable bonds is 4. The number of nitrogens with zero attached hydrogens (tertiary/aromatic N) is 2. The molecule has 0 amide bonds. The molecule has 4 nitrogen and oxygen atoms in total. The Bertz CT molecular complexity index is 470. The smallest absolute Gasteiger partial charge is 0.180 e. The van der Waals surface area contributed by atoms with Crippen molar-refractivity contribution in [1.82, 2.24) is 9.88 Å². The molecule has 22 heavy (non-hydrogen) atoms. The lowest BCUT2D eigenvalue weighted by Gasteiger charge is -2.43. The molecule has 0 atom stereocenters. The fourth-order valence-electron chi connectivity index (χ4n) is 3.75. The van der Waals surface area contributed by atoms with E-state index in [4.69, 9.17) is 10.5 Å². The van der Waals surface area contributed by atoms with E-state index in [0.717, 1.165) is 24.6 Å². The fraction of sp³-hybridized carbons (Fsp3) is 0.824. The van der Waals surface area contributed by atoms with Crippen molar-refractivity contribution < 1.29 is 4.74 Å². The number of thiazole rings is 1. The van der Waals surface area contributed by atoms with E-state index in [1.54, 1.807) is 0 Å². The van der Waals surface area contributed by atoms with Gasteiger partial charge in [-0.05, 0) is 43.9 Å². The van der Waals surface area contributed by atoms with Crippen LogP contribution in [0.1, 0.15) is 58.1 Å². The van der Waals surface area contributed by atoms with Crippen molar-refractivity contribution in [2.24, 2.45) is 5.41 Å². The summed E-state index contributed by atoms with van der Waals surface area (Å²) in [7, 11) is 0. The Hall–Kier alpha value is -0.650. The van der Waals surface area contributed by atoms with Crippen LogP contribution < -0.4 is 5.73 Å². The molecule has 0 radical (unpaired) electrons. The molecule has 2 N–H and O–H groups in total. The van der Waals surface area contributed by atoms with Crippen molar-refractivity contribution in [2.45, 2.75) is 71.1 Å². The second-order valence-corrected chi connectivity index (χ2v) is 8.51. The zero-order valence-electron chi connectivity index (χ0n) is 13.9. The van der Waals surface area contributed by atoms with Crippen molar-refractivity contribution in [3.8, 4) is 0 Å². The Morgan fingerprint density at radius 3 is 2.55 bits per heavy atom. The summed E-state index contributed by atoms with van der Waals surface area (Å²) in [5.74, 6) is 0. The fourth-order valence-corrected chi connectivity index (χ4v) is 4.30. The molecule has 0 unspecified atom stereocenters. The second-order valence-electron chi connectivity index (χ2n) is 7.62. The van der Waals surface area contributed by atoms with E-state index in [2.05, 4.69) is 23.7 Å². The van der Waals surface area contributed by atoms with Crippen LogP contribution >= 0.6 is 11.3 Å². The maximum absolute atomic E-state index is 6.01. The Morgan fingerprint density at radius 2 is 1.95 bits per heavy atom. The zero-order valence-corrected chi connectivity index (χ0v) is 14.7. The monoisotopic (exact) mass is 323 g/mol. The molecule has 1 aliphatic heterocycles. The predicted octanol–water partition coefficient (Wildman–Crippen LogP) is 3.68. The van der Waals surface area contributed by atoms with Gasteiger partial charge in [0.05, 0.1) is 18.4 Å². The molecule has 124 valence electrons. The van der Waals surface area contributed by atoms with Gasteiger partial charge in [-0.2, -0.15) is 0 Å². The highest BCUT2D eigenvalue weighted by molar-refractivity contribution is 7.13. The van der Waals surface area contributed by atoms with Gasteiger partial charge in [0.15, 0.2) is 5.13 Å². The van der Waals surface area contributed by atoms with E-state index in [0.29, 0.717) is 23.3 Å². The molecule has 5 heteroatoms. The lowest BCUT2D eigenvalue weighted by Crippen LogP contribution is -2.45. The highest BCUT2D eigenvalue weighted by Crippen LogP contribution is 2.37. The van der Waals surface area contributed by atoms with Gasteiger partial charge in [0.1, 0.15) is 0 Å². The molecule has 1 saturated heterocycles. The van der Waals surface area contributed by atoms with Gasteiger partial charge in [0.2, 0.25) is 0 Å². The molecule has 1 aliphatic carbocycles. The third-order valence-electron chi connectivity index (χ3n) is 5.34. The zero-order chi connectivity index (χ0) is 15.6. The minimum Gasteiger partial charge on any atom is -0.375 e. The van der Waals surface area contributed by atoms with Crippen molar-refractivity contribution >= 4 is 16.5 Å². The molecule has 1 aromatic heterocycles. The maximum Gasteiger partial charge on any atom is 0.180 e. The van der Waals surface area contributed by atoms with Crippen LogP contribution in [-0.2, 0) is 11.3 Å². The van der Waals surface area contributed by atoms with Gasteiger partial charge in [0, 0.05) is 24.5 Å². The van der Waals surface area contributed by atoms with E-state index in [9.17, 15) is 0 Å². The van der Waals surface area contributed by atoms with Crippen molar-refractivity contribution in [3.63, 3.8) is 0 Å². The quantitative estimate of drug-likeness (QED) is 0.918. The molecule has 2 fully saturated rings. The van der Waals surface area contributed by atoms with E-state index in [1.807, 2.05) is 5.38 Å². The first-order chi connectivity index (χ1) is 10.5. The minimum absolute atomic E-state index is 0.388. The maximum atomic E-state index is 6.01. The molecule has 0 spiro atoms. The third-order valence-corrected chi connectivity index (χ3v) is 6.06. The van der Waals surface area contributed by atoms with E-state index >= 15 is 0 Å². The summed E-state index contributed by atoms with van der Waals surface area (Å²) in [4.78, 5) is 6.96. The van der Waals surface area contributed by atoms with Crippen molar-refractivity contribution in [1.29, 1.82) is 0 Å². The molecule has 1 aromatic rings. The van der Waals surface area contributed by atoms with Crippen LogP contribution in [0, 0.1) is 5.41 Å². The largest absolute Gasteiger partial charge is 0.375 e. The summed E-state index contributed by atoms with van der Waals surface area (Å²) < 4.78 is 6.01. The highest BCUT2D eigenvalue weighted by Gasteiger charge is 2.32. The molecule has 2 aliphatic rings. The number of piperidine rings is 1. The number of likely N-dealkylation sites (tertiary alicyclic amines) is 1. The topological polar surface area (TPSA) is 51.4 Å². The van der Waals surface area contributed by atoms with Crippen molar-refractivity contribution in [2.75, 3.05) is 18.8 Å². The van der Waals surface area contributed by atoms with E-state index < -0.39 is 0 Å². The summed E-state index contributed by atoms with van der Waals surface area (Å²) >= 11 is 1.49. The first kappa shape index (κ1) is 16.2. The second kappa shape index (κ2) is 6.85. The summed E-state index contributed by atoms with van der Waals surface area (Å²) in [6, 6.07) is 0.812. The highest BCUT2D eigenvalue weighted by atomic mass is 32.1. The van der Waals surface area contributed by atoms with Gasteiger partial charge in [-0.1, -0.05) is 13.8 Å². The first-order valence-electron chi connectivity index (χ1n) is 8.57. The molecule has 2 heterocycles. The number of nitrogen functional groups attached to an aromatic ring is 1. The molecule has 1 saturated carbocycles. The number of nitrogens with two attached hydrogens (primary N) is 1. The number of aromatic nitrogens is 1. The SMILES string of the molecule is CC1(C)CCC(N2CCC(OCc3csc(N)n3)CC2)CC1. The minimum atomic E-state index is 0.388. The standard InChI is InChI=1S/C17H29N3OS/c1-17(2)7-3-14(4-8-17)20-9-5-15(6-10-20)21-11-13-12-22-16(18)19-13/h12,14-15H,3-11H2,1-2H3,(H2,18,19). The Morgan fingerprint density at radius 1 is 1.27 bits per heavy atom. The summed E-state index contributed by atoms with van der Waals surface area (Å²) in [6.45, 7) is 7.81. The predicted molar refractivity (Wildman–Crippen MR) is 91.9 cm³/mol. The lowest BCUT2D eigenvalue weighted by molar-refractivity contribution is -0.0193. The molecule has 3 rings (SSSR count). The summed E-state index contributed by atoms with van der Waals surface area (Å²) in [6.07, 6.45) is 8.18. The van der Waals surface area contributed by atoms with Gasteiger partial charge >= 0.3 is 0 Å². The number of hydrogen-bond acceptors (Lipinski definition) is 5. The lowest BCUT2D eigenvalue weighted by atomic mass is 9.75. The molecular formula is C17H29N3OS.